The summed E-state index contributed by atoms with van der Waals surface area (Å²) in [6.07, 6.45) is 5.77. The molecule has 0 aromatic rings. The maximum atomic E-state index is 10.00. The highest BCUT2D eigenvalue weighted by molar-refractivity contribution is 4.89. The van der Waals surface area contributed by atoms with E-state index in [0.717, 1.165) is 0 Å². The van der Waals surface area contributed by atoms with Crippen LogP contribution in [-0.2, 0) is 0 Å². The minimum atomic E-state index is -0.857. The topological polar surface area (TPSA) is 23.5 Å². The zero-order chi connectivity index (χ0) is 10.3. The van der Waals surface area contributed by atoms with Gasteiger partial charge in [0.1, 0.15) is 5.72 Å². The normalized spacial score (nSPS) is 15.0. The summed E-state index contributed by atoms with van der Waals surface area (Å²) in [4.78, 5) is 1.88. The lowest BCUT2D eigenvalue weighted by Gasteiger charge is -2.34. The molecule has 0 aliphatic carbocycles. The molecule has 0 spiro atoms. The summed E-state index contributed by atoms with van der Waals surface area (Å²) >= 11 is 0. The fourth-order valence-electron chi connectivity index (χ4n) is 1.18. The molecule has 0 fully saturated rings. The van der Waals surface area contributed by atoms with Crippen molar-refractivity contribution >= 4 is 0 Å². The van der Waals surface area contributed by atoms with Crippen LogP contribution in [0.1, 0.15) is 13.3 Å². The Hall–Kier alpha value is -0.860. The average Bonchev–Trinajstić information content (AvgIpc) is 2.04. The summed E-state index contributed by atoms with van der Waals surface area (Å²) in [5.74, 6) is 0. The first-order chi connectivity index (χ1) is 6.08. The van der Waals surface area contributed by atoms with Gasteiger partial charge < -0.3 is 5.11 Å². The molecule has 1 N–H and O–H groups in total. The second-order valence-corrected chi connectivity index (χ2v) is 3.19. The molecule has 0 aliphatic rings. The molecule has 0 amide bonds. The molecule has 1 unspecified atom stereocenters. The van der Waals surface area contributed by atoms with E-state index in [1.807, 2.05) is 4.90 Å². The highest BCUT2D eigenvalue weighted by Gasteiger charge is 2.25. The smallest absolute Gasteiger partial charge is 0.119 e. The SMILES string of the molecule is C=CCN(CC=C)C(C)(O)CC=C. The van der Waals surface area contributed by atoms with Crippen molar-refractivity contribution in [2.75, 3.05) is 13.1 Å². The number of hydrogen-bond donors (Lipinski definition) is 1. The minimum absolute atomic E-state index is 0.536. The highest BCUT2D eigenvalue weighted by Crippen LogP contribution is 2.15. The van der Waals surface area contributed by atoms with Crippen LogP contribution in [0.4, 0.5) is 0 Å². The van der Waals surface area contributed by atoms with Gasteiger partial charge >= 0.3 is 0 Å². The number of hydrogen-bond acceptors (Lipinski definition) is 2. The van der Waals surface area contributed by atoms with E-state index in [1.165, 1.54) is 0 Å². The van der Waals surface area contributed by atoms with Crippen molar-refractivity contribution in [3.63, 3.8) is 0 Å². The first-order valence-corrected chi connectivity index (χ1v) is 4.38. The van der Waals surface area contributed by atoms with Crippen molar-refractivity contribution in [2.24, 2.45) is 0 Å². The van der Waals surface area contributed by atoms with Crippen LogP contribution in [-0.4, -0.2) is 28.8 Å². The Morgan fingerprint density at radius 1 is 1.15 bits per heavy atom. The fraction of sp³-hybridized carbons (Fsp3) is 0.455. The van der Waals surface area contributed by atoms with Gasteiger partial charge in [-0.3, -0.25) is 4.90 Å². The predicted molar refractivity (Wildman–Crippen MR) is 57.4 cm³/mol. The van der Waals surface area contributed by atoms with E-state index in [9.17, 15) is 5.11 Å². The third-order valence-electron chi connectivity index (χ3n) is 1.91. The molecule has 0 aromatic carbocycles. The molecular formula is C11H19NO. The maximum Gasteiger partial charge on any atom is 0.119 e. The summed E-state index contributed by atoms with van der Waals surface area (Å²) in [6.45, 7) is 14.0. The van der Waals surface area contributed by atoms with Crippen molar-refractivity contribution in [3.8, 4) is 0 Å². The van der Waals surface area contributed by atoms with Crippen molar-refractivity contribution in [2.45, 2.75) is 19.1 Å². The van der Waals surface area contributed by atoms with E-state index < -0.39 is 5.72 Å². The van der Waals surface area contributed by atoms with Gasteiger partial charge in [0.2, 0.25) is 0 Å². The molecule has 74 valence electrons. The second kappa shape index (κ2) is 5.73. The molecule has 0 bridgehead atoms. The molecule has 13 heavy (non-hydrogen) atoms. The summed E-state index contributed by atoms with van der Waals surface area (Å²) < 4.78 is 0. The van der Waals surface area contributed by atoms with Gasteiger partial charge in [0.05, 0.1) is 0 Å². The van der Waals surface area contributed by atoms with Gasteiger partial charge in [0.25, 0.3) is 0 Å². The van der Waals surface area contributed by atoms with Gasteiger partial charge in [-0.25, -0.2) is 0 Å². The second-order valence-electron chi connectivity index (χ2n) is 3.19. The van der Waals surface area contributed by atoms with Gasteiger partial charge in [-0.2, -0.15) is 0 Å². The Bertz CT molecular complexity index is 175. The van der Waals surface area contributed by atoms with Crippen LogP contribution >= 0.6 is 0 Å². The Kier molecular flexibility index (Phi) is 5.35. The Balaban J connectivity index is 4.37. The first-order valence-electron chi connectivity index (χ1n) is 4.38. The fourth-order valence-corrected chi connectivity index (χ4v) is 1.18. The van der Waals surface area contributed by atoms with Gasteiger partial charge in [-0.1, -0.05) is 18.2 Å². The van der Waals surface area contributed by atoms with E-state index in [-0.39, 0.29) is 0 Å². The summed E-state index contributed by atoms with van der Waals surface area (Å²) in [6, 6.07) is 0. The molecule has 0 saturated carbocycles. The lowest BCUT2D eigenvalue weighted by molar-refractivity contribution is -0.0791. The Labute approximate surface area is 80.9 Å². The maximum absolute atomic E-state index is 10.00. The average molecular weight is 181 g/mol. The molecule has 1 atom stereocenters. The van der Waals surface area contributed by atoms with E-state index in [2.05, 4.69) is 19.7 Å². The molecule has 0 rings (SSSR count). The lowest BCUT2D eigenvalue weighted by Crippen LogP contribution is -2.46. The van der Waals surface area contributed by atoms with Crippen LogP contribution in [0.25, 0.3) is 0 Å². The summed E-state index contributed by atoms with van der Waals surface area (Å²) in [5.41, 5.74) is -0.857. The zero-order valence-electron chi connectivity index (χ0n) is 8.37. The third kappa shape index (κ3) is 4.06. The van der Waals surface area contributed by atoms with E-state index >= 15 is 0 Å². The van der Waals surface area contributed by atoms with Crippen LogP contribution in [0.2, 0.25) is 0 Å². The van der Waals surface area contributed by atoms with Crippen LogP contribution in [0, 0.1) is 0 Å². The Morgan fingerprint density at radius 3 is 1.92 bits per heavy atom. The zero-order valence-corrected chi connectivity index (χ0v) is 8.37. The van der Waals surface area contributed by atoms with Crippen LogP contribution in [0.5, 0.6) is 0 Å². The molecule has 0 aromatic heterocycles. The van der Waals surface area contributed by atoms with Gasteiger partial charge in [-0.05, 0) is 6.92 Å². The van der Waals surface area contributed by atoms with E-state index in [1.54, 1.807) is 25.2 Å². The summed E-state index contributed by atoms with van der Waals surface area (Å²) in [5, 5.41) is 10.00. The van der Waals surface area contributed by atoms with E-state index in [0.29, 0.717) is 19.5 Å². The molecule has 2 heteroatoms. The quantitative estimate of drug-likeness (QED) is 0.479. The minimum Gasteiger partial charge on any atom is -0.376 e. The molecule has 0 aliphatic heterocycles. The monoisotopic (exact) mass is 181 g/mol. The number of aliphatic hydroxyl groups is 1. The lowest BCUT2D eigenvalue weighted by atomic mass is 10.1. The van der Waals surface area contributed by atoms with Crippen molar-refractivity contribution < 1.29 is 5.11 Å². The standard InChI is InChI=1S/C11H19NO/c1-5-8-11(4,13)12(9-6-2)10-7-3/h5-7,13H,1-3,8-10H2,4H3. The molecule has 2 nitrogen and oxygen atoms in total. The predicted octanol–water partition coefficient (Wildman–Crippen LogP) is 1.94. The van der Waals surface area contributed by atoms with Crippen molar-refractivity contribution in [3.05, 3.63) is 38.0 Å². The molecular weight excluding hydrogens is 162 g/mol. The van der Waals surface area contributed by atoms with Gasteiger partial charge in [0.15, 0.2) is 0 Å². The van der Waals surface area contributed by atoms with Gasteiger partial charge in [-0.15, -0.1) is 19.7 Å². The highest BCUT2D eigenvalue weighted by atomic mass is 16.3. The number of rotatable bonds is 7. The van der Waals surface area contributed by atoms with Crippen molar-refractivity contribution in [1.29, 1.82) is 0 Å². The van der Waals surface area contributed by atoms with Gasteiger partial charge in [0, 0.05) is 19.5 Å². The van der Waals surface area contributed by atoms with E-state index in [4.69, 9.17) is 0 Å². The number of nitrogens with zero attached hydrogens (tertiary/aromatic N) is 1. The Morgan fingerprint density at radius 2 is 1.62 bits per heavy atom. The van der Waals surface area contributed by atoms with Crippen molar-refractivity contribution in [1.82, 2.24) is 4.90 Å². The van der Waals surface area contributed by atoms with Crippen LogP contribution < -0.4 is 0 Å². The summed E-state index contributed by atoms with van der Waals surface area (Å²) in [7, 11) is 0. The van der Waals surface area contributed by atoms with Crippen LogP contribution in [0.15, 0.2) is 38.0 Å². The molecule has 0 radical (unpaired) electrons. The largest absolute Gasteiger partial charge is 0.376 e. The van der Waals surface area contributed by atoms with Crippen LogP contribution in [0.3, 0.4) is 0 Å². The first kappa shape index (κ1) is 12.1. The molecule has 0 heterocycles. The third-order valence-corrected chi connectivity index (χ3v) is 1.91. The molecule has 0 saturated heterocycles.